The molecule has 112 valence electrons. The molecule has 0 heterocycles. The van der Waals surface area contributed by atoms with Gasteiger partial charge in [0, 0.05) is 6.04 Å². The molecule has 0 aliphatic heterocycles. The monoisotopic (exact) mass is 279 g/mol. The summed E-state index contributed by atoms with van der Waals surface area (Å²) in [6, 6.07) is 3.60. The first kappa shape index (κ1) is 16.3. The molecule has 0 saturated carbocycles. The Morgan fingerprint density at radius 3 is 2.60 bits per heavy atom. The number of nitrogen functional groups attached to an aromatic ring is 2. The fourth-order valence-corrected chi connectivity index (χ4v) is 2.19. The molecule has 0 fully saturated rings. The molecule has 1 aromatic rings. The molecule has 0 spiro atoms. The second-order valence-electron chi connectivity index (χ2n) is 5.24. The summed E-state index contributed by atoms with van der Waals surface area (Å²) < 4.78 is 0. The lowest BCUT2D eigenvalue weighted by molar-refractivity contribution is 0.0695. The van der Waals surface area contributed by atoms with E-state index in [1.807, 2.05) is 0 Å². The van der Waals surface area contributed by atoms with Gasteiger partial charge in [-0.15, -0.1) is 0 Å². The second-order valence-corrected chi connectivity index (χ2v) is 5.24. The van der Waals surface area contributed by atoms with Crippen molar-refractivity contribution in [1.82, 2.24) is 4.90 Å². The normalized spacial score (nSPS) is 12.6. The van der Waals surface area contributed by atoms with Crippen molar-refractivity contribution in [3.63, 3.8) is 0 Å². The van der Waals surface area contributed by atoms with Gasteiger partial charge in [0.15, 0.2) is 0 Å². The van der Waals surface area contributed by atoms with Gasteiger partial charge in [-0.2, -0.15) is 0 Å². The summed E-state index contributed by atoms with van der Waals surface area (Å²) in [5.41, 5.74) is 13.4. The standard InChI is InChI=1S/C15H25N3O2/c1-4-10(2)18(3)9-5-6-11-12(15(19)20)7-8-13(16)14(11)17/h7-8,10H,4-6,9,16-17H2,1-3H3,(H,19,20). The number of anilines is 2. The average Bonchev–Trinajstić information content (AvgIpc) is 2.41. The molecular weight excluding hydrogens is 254 g/mol. The number of hydrogen-bond acceptors (Lipinski definition) is 4. The molecule has 0 radical (unpaired) electrons. The quantitative estimate of drug-likeness (QED) is 0.665. The predicted octanol–water partition coefficient (Wildman–Crippen LogP) is 2.21. The maximum atomic E-state index is 11.2. The Kier molecular flexibility index (Phi) is 5.82. The first-order valence-corrected chi connectivity index (χ1v) is 6.98. The van der Waals surface area contributed by atoms with E-state index >= 15 is 0 Å². The Morgan fingerprint density at radius 2 is 2.05 bits per heavy atom. The van der Waals surface area contributed by atoms with Crippen molar-refractivity contribution < 1.29 is 9.90 Å². The molecule has 1 rings (SSSR count). The van der Waals surface area contributed by atoms with Crippen LogP contribution in [0.2, 0.25) is 0 Å². The van der Waals surface area contributed by atoms with Crippen molar-refractivity contribution in [2.24, 2.45) is 0 Å². The lowest BCUT2D eigenvalue weighted by atomic mass is 9.99. The molecule has 1 aromatic carbocycles. The molecular formula is C15H25N3O2. The van der Waals surface area contributed by atoms with Crippen molar-refractivity contribution in [2.45, 2.75) is 39.2 Å². The molecule has 5 heteroatoms. The van der Waals surface area contributed by atoms with Crippen LogP contribution in [0.25, 0.3) is 0 Å². The highest BCUT2D eigenvalue weighted by Gasteiger charge is 2.15. The van der Waals surface area contributed by atoms with Gasteiger partial charge in [0.05, 0.1) is 16.9 Å². The SMILES string of the molecule is CCC(C)N(C)CCCc1c(C(=O)O)ccc(N)c1N. The summed E-state index contributed by atoms with van der Waals surface area (Å²) in [5.74, 6) is -0.956. The fourth-order valence-electron chi connectivity index (χ4n) is 2.19. The van der Waals surface area contributed by atoms with E-state index in [-0.39, 0.29) is 5.56 Å². The van der Waals surface area contributed by atoms with E-state index in [9.17, 15) is 9.90 Å². The third-order valence-corrected chi connectivity index (χ3v) is 3.90. The molecule has 0 aromatic heterocycles. The molecule has 0 amide bonds. The third kappa shape index (κ3) is 3.87. The average molecular weight is 279 g/mol. The maximum Gasteiger partial charge on any atom is 0.336 e. The summed E-state index contributed by atoms with van der Waals surface area (Å²) in [4.78, 5) is 13.5. The van der Waals surface area contributed by atoms with E-state index in [0.717, 1.165) is 19.4 Å². The molecule has 20 heavy (non-hydrogen) atoms. The summed E-state index contributed by atoms with van der Waals surface area (Å²) in [7, 11) is 2.08. The lowest BCUT2D eigenvalue weighted by Gasteiger charge is -2.23. The number of nitrogens with zero attached hydrogens (tertiary/aromatic N) is 1. The van der Waals surface area contributed by atoms with Crippen LogP contribution in [0.1, 0.15) is 42.6 Å². The molecule has 1 atom stereocenters. The number of benzene rings is 1. The van der Waals surface area contributed by atoms with Gasteiger partial charge >= 0.3 is 5.97 Å². The minimum Gasteiger partial charge on any atom is -0.478 e. The van der Waals surface area contributed by atoms with Gasteiger partial charge in [-0.25, -0.2) is 4.79 Å². The van der Waals surface area contributed by atoms with Crippen molar-refractivity contribution >= 4 is 17.3 Å². The van der Waals surface area contributed by atoms with Gasteiger partial charge in [-0.1, -0.05) is 6.92 Å². The minimum atomic E-state index is -0.956. The van der Waals surface area contributed by atoms with E-state index in [0.29, 0.717) is 29.4 Å². The Morgan fingerprint density at radius 1 is 1.40 bits per heavy atom. The summed E-state index contributed by atoms with van der Waals surface area (Å²) in [6.07, 6.45) is 2.57. The Balaban J connectivity index is 2.77. The lowest BCUT2D eigenvalue weighted by Crippen LogP contribution is -2.29. The third-order valence-electron chi connectivity index (χ3n) is 3.90. The van der Waals surface area contributed by atoms with Crippen molar-refractivity contribution in [3.8, 4) is 0 Å². The van der Waals surface area contributed by atoms with E-state index in [1.165, 1.54) is 6.07 Å². The number of aromatic carboxylic acids is 1. The number of nitrogens with two attached hydrogens (primary N) is 2. The molecule has 0 saturated heterocycles. The smallest absolute Gasteiger partial charge is 0.336 e. The van der Waals surface area contributed by atoms with Crippen molar-refractivity contribution in [1.29, 1.82) is 0 Å². The highest BCUT2D eigenvalue weighted by Crippen LogP contribution is 2.25. The van der Waals surface area contributed by atoms with Gasteiger partial charge in [0.25, 0.3) is 0 Å². The van der Waals surface area contributed by atoms with Crippen LogP contribution in [0.3, 0.4) is 0 Å². The van der Waals surface area contributed by atoms with Crippen LogP contribution in [0.5, 0.6) is 0 Å². The van der Waals surface area contributed by atoms with E-state index < -0.39 is 5.97 Å². The molecule has 1 unspecified atom stereocenters. The van der Waals surface area contributed by atoms with Crippen LogP contribution in [0, 0.1) is 0 Å². The fraction of sp³-hybridized carbons (Fsp3) is 0.533. The Hall–Kier alpha value is -1.75. The number of carboxylic acids is 1. The molecule has 0 bridgehead atoms. The Bertz CT molecular complexity index is 474. The highest BCUT2D eigenvalue weighted by molar-refractivity contribution is 5.93. The largest absolute Gasteiger partial charge is 0.478 e. The first-order chi connectivity index (χ1) is 9.38. The van der Waals surface area contributed by atoms with Crippen LogP contribution < -0.4 is 11.5 Å². The number of rotatable bonds is 7. The second kappa shape index (κ2) is 7.14. The topological polar surface area (TPSA) is 92.6 Å². The van der Waals surface area contributed by atoms with Crippen LogP contribution in [0.15, 0.2) is 12.1 Å². The zero-order valence-corrected chi connectivity index (χ0v) is 12.5. The van der Waals surface area contributed by atoms with Gasteiger partial charge in [0.1, 0.15) is 0 Å². The van der Waals surface area contributed by atoms with E-state index in [1.54, 1.807) is 6.07 Å². The molecule has 5 N–H and O–H groups in total. The summed E-state index contributed by atoms with van der Waals surface area (Å²) >= 11 is 0. The summed E-state index contributed by atoms with van der Waals surface area (Å²) in [6.45, 7) is 5.24. The zero-order valence-electron chi connectivity index (χ0n) is 12.5. The van der Waals surface area contributed by atoms with Gasteiger partial charge in [-0.3, -0.25) is 0 Å². The highest BCUT2D eigenvalue weighted by atomic mass is 16.4. The van der Waals surface area contributed by atoms with E-state index in [2.05, 4.69) is 25.8 Å². The van der Waals surface area contributed by atoms with Gasteiger partial charge in [0.2, 0.25) is 0 Å². The van der Waals surface area contributed by atoms with Crippen LogP contribution >= 0.6 is 0 Å². The van der Waals surface area contributed by atoms with E-state index in [4.69, 9.17) is 11.5 Å². The maximum absolute atomic E-state index is 11.2. The molecule has 0 aliphatic carbocycles. The van der Waals surface area contributed by atoms with Crippen LogP contribution in [-0.4, -0.2) is 35.6 Å². The Labute approximate surface area is 120 Å². The number of carbonyl (C=O) groups is 1. The first-order valence-electron chi connectivity index (χ1n) is 6.98. The van der Waals surface area contributed by atoms with Gasteiger partial charge < -0.3 is 21.5 Å². The van der Waals surface area contributed by atoms with Crippen LogP contribution in [0.4, 0.5) is 11.4 Å². The number of carboxylic acid groups (broad SMARTS) is 1. The number of hydrogen-bond donors (Lipinski definition) is 3. The summed E-state index contributed by atoms with van der Waals surface area (Å²) in [5, 5.41) is 9.21. The van der Waals surface area contributed by atoms with Crippen molar-refractivity contribution in [2.75, 3.05) is 25.1 Å². The minimum absolute atomic E-state index is 0.253. The molecule has 5 nitrogen and oxygen atoms in total. The zero-order chi connectivity index (χ0) is 15.3. The predicted molar refractivity (Wildman–Crippen MR) is 82.9 cm³/mol. The van der Waals surface area contributed by atoms with Gasteiger partial charge in [-0.05, 0) is 57.5 Å². The van der Waals surface area contributed by atoms with Crippen LogP contribution in [-0.2, 0) is 6.42 Å². The molecule has 0 aliphatic rings. The van der Waals surface area contributed by atoms with Crippen molar-refractivity contribution in [3.05, 3.63) is 23.3 Å².